The molecule has 2 aliphatic rings. The number of amides is 3. The number of imide groups is 1. The molecule has 0 aliphatic carbocycles. The summed E-state index contributed by atoms with van der Waals surface area (Å²) in [6.07, 6.45) is 0.697. The molecule has 0 bridgehead atoms. The number of hydrogen-bond acceptors (Lipinski definition) is 5. The molecule has 1 N–H and O–H groups in total. The highest BCUT2D eigenvalue weighted by Gasteiger charge is 2.40. The number of likely N-dealkylation sites (N-methyl/N-ethyl adjacent to an activating group) is 1. The minimum absolute atomic E-state index is 0.127. The number of piperidine rings is 1. The third kappa shape index (κ3) is 1.89. The number of aryl methyl sites for hydroxylation is 1. The van der Waals surface area contributed by atoms with Gasteiger partial charge in [-0.15, -0.1) is 11.3 Å². The molecule has 0 radical (unpaired) electrons. The second kappa shape index (κ2) is 4.59. The average Bonchev–Trinajstić information content (AvgIpc) is 2.79. The molecule has 3 heterocycles. The van der Waals surface area contributed by atoms with Crippen molar-refractivity contribution in [2.45, 2.75) is 25.8 Å². The Hall–Kier alpha value is -1.89. The molecule has 3 rings (SSSR count). The van der Waals surface area contributed by atoms with Gasteiger partial charge in [-0.2, -0.15) is 0 Å². The third-order valence-corrected chi connectivity index (χ3v) is 4.79. The zero-order chi connectivity index (χ0) is 14.4. The van der Waals surface area contributed by atoms with Gasteiger partial charge >= 0.3 is 0 Å². The standard InChI is InChI=1S/C13H15N3O3S/c1-7-5-8-11(20-7)13(19)16(6-14-8)9-3-4-10(17)15(2)12(9)18/h5,9,14H,3-4,6H2,1-2H3. The lowest BCUT2D eigenvalue weighted by Crippen LogP contribution is -2.56. The quantitative estimate of drug-likeness (QED) is 0.785. The lowest BCUT2D eigenvalue weighted by atomic mass is 10.0. The molecule has 1 saturated heterocycles. The molecule has 1 unspecified atom stereocenters. The zero-order valence-corrected chi connectivity index (χ0v) is 12.1. The molecule has 1 aromatic rings. The summed E-state index contributed by atoms with van der Waals surface area (Å²) < 4.78 is 0. The molecule has 106 valence electrons. The van der Waals surface area contributed by atoms with E-state index >= 15 is 0 Å². The molecule has 0 aromatic carbocycles. The summed E-state index contributed by atoms with van der Waals surface area (Å²) in [5.74, 6) is -0.609. The van der Waals surface area contributed by atoms with Crippen LogP contribution in [0.15, 0.2) is 6.07 Å². The van der Waals surface area contributed by atoms with Gasteiger partial charge in [-0.3, -0.25) is 19.3 Å². The monoisotopic (exact) mass is 293 g/mol. The van der Waals surface area contributed by atoms with E-state index in [-0.39, 0.29) is 17.7 Å². The lowest BCUT2D eigenvalue weighted by molar-refractivity contribution is -0.150. The highest BCUT2D eigenvalue weighted by molar-refractivity contribution is 7.14. The zero-order valence-electron chi connectivity index (χ0n) is 11.3. The van der Waals surface area contributed by atoms with E-state index in [1.807, 2.05) is 13.0 Å². The molecular formula is C13H15N3O3S. The van der Waals surface area contributed by atoms with Gasteiger partial charge in [0.2, 0.25) is 5.91 Å². The van der Waals surface area contributed by atoms with Crippen LogP contribution in [-0.4, -0.2) is 47.3 Å². The van der Waals surface area contributed by atoms with Crippen LogP contribution in [0.5, 0.6) is 0 Å². The number of rotatable bonds is 1. The lowest BCUT2D eigenvalue weighted by Gasteiger charge is -2.38. The van der Waals surface area contributed by atoms with Crippen molar-refractivity contribution in [2.24, 2.45) is 0 Å². The number of carbonyl (C=O) groups excluding carboxylic acids is 3. The summed E-state index contributed by atoms with van der Waals surface area (Å²) in [5.41, 5.74) is 0.835. The number of nitrogens with one attached hydrogen (secondary N) is 1. The van der Waals surface area contributed by atoms with E-state index in [1.165, 1.54) is 23.3 Å². The summed E-state index contributed by atoms with van der Waals surface area (Å²) in [6, 6.07) is 1.39. The van der Waals surface area contributed by atoms with E-state index < -0.39 is 6.04 Å². The highest BCUT2D eigenvalue weighted by atomic mass is 32.1. The van der Waals surface area contributed by atoms with Crippen LogP contribution >= 0.6 is 11.3 Å². The van der Waals surface area contributed by atoms with Crippen molar-refractivity contribution < 1.29 is 14.4 Å². The first-order chi connectivity index (χ1) is 9.49. The van der Waals surface area contributed by atoms with E-state index in [1.54, 1.807) is 0 Å². The van der Waals surface area contributed by atoms with Crippen molar-refractivity contribution in [3.8, 4) is 0 Å². The maximum atomic E-state index is 12.5. The predicted molar refractivity (Wildman–Crippen MR) is 74.5 cm³/mol. The molecule has 0 saturated carbocycles. The van der Waals surface area contributed by atoms with Crippen molar-refractivity contribution >= 4 is 34.7 Å². The number of fused-ring (bicyclic) bond motifs is 1. The number of thiophene rings is 1. The maximum absolute atomic E-state index is 12.5. The minimum atomic E-state index is -0.548. The van der Waals surface area contributed by atoms with Crippen LogP contribution in [0.1, 0.15) is 27.4 Å². The van der Waals surface area contributed by atoms with Crippen LogP contribution in [0.4, 0.5) is 5.69 Å². The van der Waals surface area contributed by atoms with Gasteiger partial charge in [0.1, 0.15) is 10.9 Å². The van der Waals surface area contributed by atoms with Gasteiger partial charge in [-0.1, -0.05) is 0 Å². The van der Waals surface area contributed by atoms with E-state index in [0.29, 0.717) is 24.4 Å². The molecule has 1 atom stereocenters. The summed E-state index contributed by atoms with van der Waals surface area (Å²) in [5, 5.41) is 3.17. The van der Waals surface area contributed by atoms with Gasteiger partial charge in [0.05, 0.1) is 12.4 Å². The number of nitrogens with zero attached hydrogens (tertiary/aromatic N) is 2. The molecule has 20 heavy (non-hydrogen) atoms. The normalized spacial score (nSPS) is 22.9. The number of likely N-dealkylation sites (tertiary alicyclic amines) is 1. The van der Waals surface area contributed by atoms with E-state index in [0.717, 1.165) is 15.5 Å². The Bertz CT molecular complexity index is 610. The Morgan fingerprint density at radius 2 is 2.10 bits per heavy atom. The average molecular weight is 293 g/mol. The van der Waals surface area contributed by atoms with E-state index in [2.05, 4.69) is 5.32 Å². The molecule has 3 amide bonds. The van der Waals surface area contributed by atoms with Crippen molar-refractivity contribution in [3.63, 3.8) is 0 Å². The summed E-state index contributed by atoms with van der Waals surface area (Å²) >= 11 is 1.42. The summed E-state index contributed by atoms with van der Waals surface area (Å²) in [4.78, 5) is 40.5. The van der Waals surface area contributed by atoms with E-state index in [4.69, 9.17) is 0 Å². The van der Waals surface area contributed by atoms with Gasteiger partial charge in [0, 0.05) is 18.3 Å². The van der Waals surface area contributed by atoms with Crippen molar-refractivity contribution in [1.29, 1.82) is 0 Å². The number of hydrogen-bond donors (Lipinski definition) is 1. The number of anilines is 1. The molecule has 2 aliphatic heterocycles. The fourth-order valence-corrected chi connectivity index (χ4v) is 3.56. The van der Waals surface area contributed by atoms with Crippen LogP contribution in [0, 0.1) is 6.92 Å². The van der Waals surface area contributed by atoms with Gasteiger partial charge in [0.15, 0.2) is 0 Å². The van der Waals surface area contributed by atoms with Crippen LogP contribution < -0.4 is 5.32 Å². The fraction of sp³-hybridized carbons (Fsp3) is 0.462. The van der Waals surface area contributed by atoms with Gasteiger partial charge < -0.3 is 10.2 Å². The molecule has 1 aromatic heterocycles. The second-order valence-corrected chi connectivity index (χ2v) is 6.31. The Morgan fingerprint density at radius 3 is 2.85 bits per heavy atom. The highest BCUT2D eigenvalue weighted by Crippen LogP contribution is 2.32. The van der Waals surface area contributed by atoms with Crippen molar-refractivity contribution in [2.75, 3.05) is 19.0 Å². The predicted octanol–water partition coefficient (Wildman–Crippen LogP) is 1.03. The smallest absolute Gasteiger partial charge is 0.268 e. The summed E-state index contributed by atoms with van der Waals surface area (Å²) in [7, 11) is 1.47. The number of carbonyl (C=O) groups is 3. The Morgan fingerprint density at radius 1 is 1.35 bits per heavy atom. The van der Waals surface area contributed by atoms with Crippen LogP contribution in [0.3, 0.4) is 0 Å². The first-order valence-electron chi connectivity index (χ1n) is 6.44. The first kappa shape index (κ1) is 13.1. The van der Waals surface area contributed by atoms with Gasteiger partial charge in [-0.25, -0.2) is 0 Å². The van der Waals surface area contributed by atoms with E-state index in [9.17, 15) is 14.4 Å². The topological polar surface area (TPSA) is 69.7 Å². The van der Waals surface area contributed by atoms with Gasteiger partial charge in [-0.05, 0) is 19.4 Å². The Labute approximate surface area is 120 Å². The van der Waals surface area contributed by atoms with Crippen molar-refractivity contribution in [3.05, 3.63) is 15.8 Å². The molecule has 7 heteroatoms. The SMILES string of the molecule is Cc1cc2c(s1)C(=O)N(C1CCC(=O)N(C)C1=O)CN2. The third-order valence-electron chi connectivity index (χ3n) is 3.75. The van der Waals surface area contributed by atoms with Gasteiger partial charge in [0.25, 0.3) is 11.8 Å². The Balaban J connectivity index is 1.87. The molecule has 1 fully saturated rings. The van der Waals surface area contributed by atoms with Crippen LogP contribution in [0.2, 0.25) is 0 Å². The largest absolute Gasteiger partial charge is 0.366 e. The molecule has 6 nitrogen and oxygen atoms in total. The fourth-order valence-electron chi connectivity index (χ4n) is 2.62. The van der Waals surface area contributed by atoms with Crippen LogP contribution in [0.25, 0.3) is 0 Å². The summed E-state index contributed by atoms with van der Waals surface area (Å²) in [6.45, 7) is 2.25. The minimum Gasteiger partial charge on any atom is -0.366 e. The second-order valence-electron chi connectivity index (χ2n) is 5.06. The Kier molecular flexibility index (Phi) is 3.01. The molecule has 0 spiro atoms. The molecular weight excluding hydrogens is 278 g/mol. The maximum Gasteiger partial charge on any atom is 0.268 e. The van der Waals surface area contributed by atoms with Crippen LogP contribution in [-0.2, 0) is 9.59 Å². The van der Waals surface area contributed by atoms with Crippen molar-refractivity contribution in [1.82, 2.24) is 9.80 Å². The first-order valence-corrected chi connectivity index (χ1v) is 7.26.